The number of hydrogen-bond acceptors (Lipinski definition) is 1. The van der Waals surface area contributed by atoms with Crippen LogP contribution >= 0.6 is 0 Å². The van der Waals surface area contributed by atoms with Crippen molar-refractivity contribution in [2.45, 2.75) is 13.1 Å². The topological polar surface area (TPSA) is 31.2 Å². The predicted molar refractivity (Wildman–Crippen MR) is 81.1 cm³/mol. The summed E-state index contributed by atoms with van der Waals surface area (Å²) in [5, 5.41) is 2.12. The Labute approximate surface area is 130 Å². The van der Waals surface area contributed by atoms with E-state index in [9.17, 15) is 18.0 Å². The molecule has 1 N–H and O–H groups in total. The highest BCUT2D eigenvalue weighted by Gasteiger charge is 2.39. The van der Waals surface area contributed by atoms with Crippen LogP contribution in [0.1, 0.15) is 15.9 Å². The minimum atomic E-state index is -4.85. The van der Waals surface area contributed by atoms with Gasteiger partial charge in [-0.05, 0) is 30.5 Å². The van der Waals surface area contributed by atoms with Crippen LogP contribution in [0, 0.1) is 6.92 Å². The van der Waals surface area contributed by atoms with Gasteiger partial charge in [-0.1, -0.05) is 30.3 Å². The molecule has 0 aliphatic rings. The third-order valence-corrected chi connectivity index (χ3v) is 3.81. The van der Waals surface area contributed by atoms with Gasteiger partial charge in [-0.3, -0.25) is 4.79 Å². The van der Waals surface area contributed by atoms with Crippen molar-refractivity contribution in [3.8, 4) is 11.3 Å². The summed E-state index contributed by atoms with van der Waals surface area (Å²) in [7, 11) is 0. The summed E-state index contributed by atoms with van der Waals surface area (Å²) in [4.78, 5) is 14.4. The molecule has 0 aliphatic heterocycles. The number of Topliss-reactive ketones (excluding diaryl/α,β-unsaturated/α-hetero) is 1. The molecule has 0 aliphatic carbocycles. The van der Waals surface area contributed by atoms with Gasteiger partial charge in [0.15, 0.2) is 6.20 Å². The lowest BCUT2D eigenvalue weighted by atomic mass is 9.99. The van der Waals surface area contributed by atoms with E-state index < -0.39 is 12.0 Å². The average molecular weight is 316 g/mol. The van der Waals surface area contributed by atoms with Crippen molar-refractivity contribution in [1.82, 2.24) is 0 Å². The molecule has 0 fully saturated rings. The van der Waals surface area contributed by atoms with Crippen molar-refractivity contribution in [1.29, 1.82) is 0 Å². The van der Waals surface area contributed by atoms with Gasteiger partial charge in [0.05, 0.1) is 0 Å². The van der Waals surface area contributed by atoms with Gasteiger partial charge in [-0.25, -0.2) is 4.98 Å². The van der Waals surface area contributed by atoms with E-state index in [1.807, 2.05) is 37.4 Å². The zero-order valence-electron chi connectivity index (χ0n) is 12.2. The van der Waals surface area contributed by atoms with E-state index in [-0.39, 0.29) is 5.56 Å². The van der Waals surface area contributed by atoms with Crippen LogP contribution in [0.2, 0.25) is 0 Å². The van der Waals surface area contributed by atoms with Crippen molar-refractivity contribution in [2.75, 3.05) is 0 Å². The van der Waals surface area contributed by atoms with Crippen LogP contribution in [0.5, 0.6) is 0 Å². The molecule has 3 aromatic rings. The second kappa shape index (κ2) is 5.50. The van der Waals surface area contributed by atoms with Crippen molar-refractivity contribution >= 4 is 16.6 Å². The van der Waals surface area contributed by atoms with E-state index in [1.165, 1.54) is 24.3 Å². The highest BCUT2D eigenvalue weighted by Crippen LogP contribution is 2.27. The number of aromatic nitrogens is 1. The first kappa shape index (κ1) is 15.2. The summed E-state index contributed by atoms with van der Waals surface area (Å²) >= 11 is 0. The molecule has 2 aromatic carbocycles. The fraction of sp³-hybridized carbons (Fsp3) is 0.111. The van der Waals surface area contributed by atoms with Gasteiger partial charge >= 0.3 is 6.18 Å². The maximum absolute atomic E-state index is 12.4. The van der Waals surface area contributed by atoms with Crippen LogP contribution in [-0.2, 0) is 0 Å². The lowest BCUT2D eigenvalue weighted by Gasteiger charge is -2.06. The normalized spacial score (nSPS) is 11.7. The van der Waals surface area contributed by atoms with Gasteiger partial charge in [0.25, 0.3) is 5.78 Å². The second-order valence-corrected chi connectivity index (χ2v) is 5.28. The molecule has 0 saturated heterocycles. The van der Waals surface area contributed by atoms with E-state index in [0.29, 0.717) is 0 Å². The van der Waals surface area contributed by atoms with E-state index in [4.69, 9.17) is 0 Å². The fourth-order valence-electron chi connectivity index (χ4n) is 2.61. The summed E-state index contributed by atoms with van der Waals surface area (Å²) in [6.45, 7) is 1.95. The average Bonchev–Trinajstić information content (AvgIpc) is 2.54. The minimum absolute atomic E-state index is 0.361. The molecule has 23 heavy (non-hydrogen) atoms. The van der Waals surface area contributed by atoms with E-state index in [0.717, 1.165) is 27.6 Å². The van der Waals surface area contributed by atoms with Gasteiger partial charge in [0.1, 0.15) is 0 Å². The number of nitrogens with one attached hydrogen (secondary N) is 1. The molecule has 0 saturated carbocycles. The van der Waals surface area contributed by atoms with Crippen LogP contribution in [0.4, 0.5) is 13.2 Å². The van der Waals surface area contributed by atoms with E-state index in [1.54, 1.807) is 0 Å². The maximum atomic E-state index is 12.4. The summed E-state index contributed by atoms with van der Waals surface area (Å²) < 4.78 is 37.3. The van der Waals surface area contributed by atoms with Crippen LogP contribution in [-0.4, -0.2) is 12.0 Å². The summed E-state index contributed by atoms with van der Waals surface area (Å²) in [6.07, 6.45) is -3.00. The van der Waals surface area contributed by atoms with Gasteiger partial charge in [0, 0.05) is 22.1 Å². The number of carbonyl (C=O) groups is 1. The Morgan fingerprint density at radius 3 is 2.30 bits per heavy atom. The smallest absolute Gasteiger partial charge is 0.284 e. The molecule has 5 heteroatoms. The standard InChI is InChI=1S/C18H12F3NO/c1-11-15-5-3-2-4-14(15)10-22-16(11)12-6-8-13(9-7-12)17(23)18(19,20)21/h2-10H,1H3/p+1. The Bertz CT molecular complexity index is 883. The van der Waals surface area contributed by atoms with Gasteiger partial charge in [-0.2, -0.15) is 13.2 Å². The monoisotopic (exact) mass is 316 g/mol. The van der Waals surface area contributed by atoms with Crippen LogP contribution in [0.3, 0.4) is 0 Å². The van der Waals surface area contributed by atoms with Crippen molar-refractivity contribution in [3.05, 3.63) is 65.9 Å². The summed E-state index contributed by atoms with van der Waals surface area (Å²) in [5.41, 5.74) is 2.18. The fourth-order valence-corrected chi connectivity index (χ4v) is 2.61. The van der Waals surface area contributed by atoms with Gasteiger partial charge in [0.2, 0.25) is 5.69 Å². The molecular weight excluding hydrogens is 303 g/mol. The molecule has 1 heterocycles. The first-order chi connectivity index (χ1) is 10.9. The quantitative estimate of drug-likeness (QED) is 0.646. The number of alkyl halides is 3. The molecule has 116 valence electrons. The molecule has 0 spiro atoms. The number of carbonyl (C=O) groups excluding carboxylic acids is 1. The van der Waals surface area contributed by atoms with E-state index in [2.05, 4.69) is 4.98 Å². The van der Waals surface area contributed by atoms with Crippen LogP contribution in [0.15, 0.2) is 54.7 Å². The van der Waals surface area contributed by atoms with Crippen LogP contribution < -0.4 is 4.98 Å². The zero-order chi connectivity index (χ0) is 16.6. The number of halogens is 3. The Hall–Kier alpha value is -2.69. The van der Waals surface area contributed by atoms with Crippen molar-refractivity contribution in [3.63, 3.8) is 0 Å². The van der Waals surface area contributed by atoms with Crippen molar-refractivity contribution < 1.29 is 22.9 Å². The first-order valence-electron chi connectivity index (χ1n) is 7.00. The Morgan fingerprint density at radius 2 is 1.65 bits per heavy atom. The minimum Gasteiger partial charge on any atom is -0.284 e. The highest BCUT2D eigenvalue weighted by molar-refractivity contribution is 6.00. The Morgan fingerprint density at radius 1 is 1.00 bits per heavy atom. The third-order valence-electron chi connectivity index (χ3n) is 3.81. The predicted octanol–water partition coefficient (Wildman–Crippen LogP) is 4.37. The van der Waals surface area contributed by atoms with Gasteiger partial charge < -0.3 is 0 Å². The number of aromatic amines is 1. The molecule has 1 aromatic heterocycles. The SMILES string of the molecule is Cc1c(-c2ccc(C(=O)C(F)(F)F)cc2)[nH+]cc2ccccc12. The largest absolute Gasteiger partial charge is 0.454 e. The third kappa shape index (κ3) is 2.82. The molecule has 0 atom stereocenters. The molecular formula is C18H13F3NO+. The summed E-state index contributed by atoms with van der Waals surface area (Å²) in [6, 6.07) is 13.3. The molecule has 0 radical (unpaired) electrons. The highest BCUT2D eigenvalue weighted by atomic mass is 19.4. The van der Waals surface area contributed by atoms with Crippen molar-refractivity contribution in [2.24, 2.45) is 0 Å². The number of ketones is 1. The van der Waals surface area contributed by atoms with Crippen LogP contribution in [0.25, 0.3) is 22.0 Å². The number of H-pyrrole nitrogens is 1. The second-order valence-electron chi connectivity index (χ2n) is 5.28. The Kier molecular flexibility index (Phi) is 3.64. The lowest BCUT2D eigenvalue weighted by Crippen LogP contribution is -2.22. The number of benzene rings is 2. The number of rotatable bonds is 2. The zero-order valence-corrected chi connectivity index (χ0v) is 12.2. The number of pyridine rings is 1. The molecule has 0 unspecified atom stereocenters. The Balaban J connectivity index is 2.03. The summed E-state index contributed by atoms with van der Waals surface area (Å²) in [5.74, 6) is -1.83. The molecule has 2 nitrogen and oxygen atoms in total. The van der Waals surface area contributed by atoms with Gasteiger partial charge in [-0.15, -0.1) is 0 Å². The first-order valence-corrected chi connectivity index (χ1v) is 7.00. The van der Waals surface area contributed by atoms with E-state index >= 15 is 0 Å². The number of aryl methyl sites for hydroxylation is 1. The number of hydrogen-bond donors (Lipinski definition) is 0. The molecule has 0 bridgehead atoms. The molecule has 3 rings (SSSR count). The molecule has 0 amide bonds. The maximum Gasteiger partial charge on any atom is 0.454 e. The lowest BCUT2D eigenvalue weighted by molar-refractivity contribution is -0.363. The number of fused-ring (bicyclic) bond motifs is 1.